The Balaban J connectivity index is 1.83. The van der Waals surface area contributed by atoms with Crippen molar-refractivity contribution >= 4 is 38.4 Å². The van der Waals surface area contributed by atoms with Crippen LogP contribution in [0.25, 0.3) is 10.9 Å². The van der Waals surface area contributed by atoms with Crippen LogP contribution in [-0.2, 0) is 13.1 Å². The first-order valence-corrected chi connectivity index (χ1v) is 8.30. The first-order valence-electron chi connectivity index (χ1n) is 7.13. The molecule has 3 rings (SSSR count). The van der Waals surface area contributed by atoms with E-state index in [1.54, 1.807) is 18.2 Å². The Morgan fingerprint density at radius 2 is 2.00 bits per heavy atom. The second kappa shape index (κ2) is 6.83. The highest BCUT2D eigenvalue weighted by Crippen LogP contribution is 2.18. The van der Waals surface area contributed by atoms with Crippen LogP contribution in [0.15, 0.2) is 51.7 Å². The van der Waals surface area contributed by atoms with Gasteiger partial charge in [0.1, 0.15) is 5.82 Å². The topological polar surface area (TPSA) is 49.0 Å². The number of fused-ring (bicyclic) bond motifs is 1. The molecular formula is C17H15BrClN3O. The summed E-state index contributed by atoms with van der Waals surface area (Å²) in [6.07, 6.45) is 0. The zero-order chi connectivity index (χ0) is 16.4. The van der Waals surface area contributed by atoms with Gasteiger partial charge in [0.25, 0.3) is 5.56 Å². The molecule has 3 aromatic rings. The van der Waals surface area contributed by atoms with Crippen LogP contribution in [0.2, 0.25) is 5.02 Å². The van der Waals surface area contributed by atoms with Crippen LogP contribution in [0.3, 0.4) is 0 Å². The summed E-state index contributed by atoms with van der Waals surface area (Å²) in [4.78, 5) is 21.6. The van der Waals surface area contributed by atoms with Crippen molar-refractivity contribution in [3.05, 3.63) is 73.7 Å². The standard InChI is InChI=1S/C17H15BrClN3O/c1-22(9-11-4-2-3-5-14(11)18)10-16-20-15-8-12(19)6-7-13(15)17(23)21-16/h2-8H,9-10H2,1H3,(H,20,21,23). The van der Waals surface area contributed by atoms with Crippen molar-refractivity contribution in [3.8, 4) is 0 Å². The highest BCUT2D eigenvalue weighted by molar-refractivity contribution is 9.10. The highest BCUT2D eigenvalue weighted by atomic mass is 79.9. The van der Waals surface area contributed by atoms with Crippen LogP contribution in [0.1, 0.15) is 11.4 Å². The number of aromatic nitrogens is 2. The van der Waals surface area contributed by atoms with Crippen molar-refractivity contribution in [1.29, 1.82) is 0 Å². The summed E-state index contributed by atoms with van der Waals surface area (Å²) in [7, 11) is 1.99. The zero-order valence-electron chi connectivity index (χ0n) is 12.5. The summed E-state index contributed by atoms with van der Waals surface area (Å²) in [6.45, 7) is 1.29. The van der Waals surface area contributed by atoms with E-state index in [1.807, 2.05) is 25.2 Å². The lowest BCUT2D eigenvalue weighted by Gasteiger charge is -2.17. The molecule has 1 heterocycles. The van der Waals surface area contributed by atoms with Gasteiger partial charge in [0, 0.05) is 16.0 Å². The molecule has 0 aliphatic carbocycles. The van der Waals surface area contributed by atoms with Gasteiger partial charge in [-0.15, -0.1) is 0 Å². The Hall–Kier alpha value is -1.69. The van der Waals surface area contributed by atoms with Gasteiger partial charge in [-0.1, -0.05) is 45.7 Å². The van der Waals surface area contributed by atoms with Crippen LogP contribution < -0.4 is 5.56 Å². The van der Waals surface area contributed by atoms with Crippen LogP contribution in [0, 0.1) is 0 Å². The molecule has 0 atom stereocenters. The summed E-state index contributed by atoms with van der Waals surface area (Å²) in [5, 5.41) is 1.12. The van der Waals surface area contributed by atoms with Crippen molar-refractivity contribution in [2.45, 2.75) is 13.1 Å². The Kier molecular flexibility index (Phi) is 4.80. The highest BCUT2D eigenvalue weighted by Gasteiger charge is 2.09. The third-order valence-electron chi connectivity index (χ3n) is 3.54. The van der Waals surface area contributed by atoms with Crippen molar-refractivity contribution in [1.82, 2.24) is 14.9 Å². The van der Waals surface area contributed by atoms with Gasteiger partial charge >= 0.3 is 0 Å². The Labute approximate surface area is 147 Å². The SMILES string of the molecule is CN(Cc1nc2cc(Cl)ccc2c(=O)[nH]1)Cc1ccccc1Br. The molecule has 0 unspecified atom stereocenters. The van der Waals surface area contributed by atoms with Crippen molar-refractivity contribution in [3.63, 3.8) is 0 Å². The number of hydrogen-bond donors (Lipinski definition) is 1. The van der Waals surface area contributed by atoms with Gasteiger partial charge in [0.2, 0.25) is 0 Å². The molecule has 1 N–H and O–H groups in total. The van der Waals surface area contributed by atoms with E-state index in [2.05, 4.69) is 36.9 Å². The Morgan fingerprint density at radius 1 is 1.22 bits per heavy atom. The first-order chi connectivity index (χ1) is 11.0. The number of rotatable bonds is 4. The summed E-state index contributed by atoms with van der Waals surface area (Å²) in [6, 6.07) is 13.2. The zero-order valence-corrected chi connectivity index (χ0v) is 14.9. The average Bonchev–Trinajstić information content (AvgIpc) is 2.49. The van der Waals surface area contributed by atoms with Crippen LogP contribution >= 0.6 is 27.5 Å². The van der Waals surface area contributed by atoms with E-state index in [1.165, 1.54) is 5.56 Å². The van der Waals surface area contributed by atoms with Crippen LogP contribution in [-0.4, -0.2) is 21.9 Å². The summed E-state index contributed by atoms with van der Waals surface area (Å²) >= 11 is 9.53. The minimum atomic E-state index is -0.143. The Bertz CT molecular complexity index is 910. The quantitative estimate of drug-likeness (QED) is 0.731. The fourth-order valence-corrected chi connectivity index (χ4v) is 3.04. The van der Waals surface area contributed by atoms with E-state index < -0.39 is 0 Å². The minimum absolute atomic E-state index is 0.143. The molecule has 0 saturated heterocycles. The summed E-state index contributed by atoms with van der Waals surface area (Å²) < 4.78 is 1.07. The van der Waals surface area contributed by atoms with E-state index in [-0.39, 0.29) is 5.56 Å². The molecule has 0 aliphatic rings. The lowest BCUT2D eigenvalue weighted by Crippen LogP contribution is -2.22. The number of hydrogen-bond acceptors (Lipinski definition) is 3. The van der Waals surface area contributed by atoms with Crippen LogP contribution in [0.4, 0.5) is 0 Å². The van der Waals surface area contributed by atoms with Gasteiger partial charge in [-0.25, -0.2) is 4.98 Å². The predicted molar refractivity (Wildman–Crippen MR) is 96.7 cm³/mol. The average molecular weight is 393 g/mol. The monoisotopic (exact) mass is 391 g/mol. The molecule has 0 radical (unpaired) electrons. The molecule has 2 aromatic carbocycles. The third-order valence-corrected chi connectivity index (χ3v) is 4.54. The maximum absolute atomic E-state index is 12.1. The fourth-order valence-electron chi connectivity index (χ4n) is 2.46. The van der Waals surface area contributed by atoms with Gasteiger partial charge in [0.15, 0.2) is 0 Å². The van der Waals surface area contributed by atoms with E-state index in [0.29, 0.717) is 28.3 Å². The van der Waals surface area contributed by atoms with E-state index in [0.717, 1.165) is 11.0 Å². The van der Waals surface area contributed by atoms with Crippen molar-refractivity contribution in [2.75, 3.05) is 7.05 Å². The molecule has 0 aliphatic heterocycles. The number of benzene rings is 2. The molecule has 0 spiro atoms. The molecule has 23 heavy (non-hydrogen) atoms. The summed E-state index contributed by atoms with van der Waals surface area (Å²) in [5.74, 6) is 0.624. The summed E-state index contributed by atoms with van der Waals surface area (Å²) in [5.41, 5.74) is 1.66. The number of halogens is 2. The second-order valence-corrected chi connectivity index (χ2v) is 6.73. The van der Waals surface area contributed by atoms with E-state index in [9.17, 15) is 4.79 Å². The fraction of sp³-hybridized carbons (Fsp3) is 0.176. The van der Waals surface area contributed by atoms with E-state index in [4.69, 9.17) is 11.6 Å². The molecule has 0 amide bonds. The van der Waals surface area contributed by atoms with Crippen LogP contribution in [0.5, 0.6) is 0 Å². The lowest BCUT2D eigenvalue weighted by molar-refractivity contribution is 0.310. The molecule has 1 aromatic heterocycles. The maximum Gasteiger partial charge on any atom is 0.258 e. The molecule has 4 nitrogen and oxygen atoms in total. The van der Waals surface area contributed by atoms with Gasteiger partial charge in [-0.2, -0.15) is 0 Å². The smallest absolute Gasteiger partial charge is 0.258 e. The number of nitrogens with zero attached hydrogens (tertiary/aromatic N) is 2. The normalized spacial score (nSPS) is 11.3. The van der Waals surface area contributed by atoms with Gasteiger partial charge in [0.05, 0.1) is 17.4 Å². The minimum Gasteiger partial charge on any atom is -0.309 e. The number of nitrogens with one attached hydrogen (secondary N) is 1. The van der Waals surface area contributed by atoms with Gasteiger partial charge < -0.3 is 4.98 Å². The molecule has 118 valence electrons. The molecule has 0 fully saturated rings. The molecule has 0 saturated carbocycles. The van der Waals surface area contributed by atoms with E-state index >= 15 is 0 Å². The largest absolute Gasteiger partial charge is 0.309 e. The maximum atomic E-state index is 12.1. The second-order valence-electron chi connectivity index (χ2n) is 5.44. The third kappa shape index (κ3) is 3.80. The van der Waals surface area contributed by atoms with Gasteiger partial charge in [-0.3, -0.25) is 9.69 Å². The van der Waals surface area contributed by atoms with Crippen molar-refractivity contribution in [2.24, 2.45) is 0 Å². The molecule has 6 heteroatoms. The number of H-pyrrole nitrogens is 1. The predicted octanol–water partition coefficient (Wildman–Crippen LogP) is 3.97. The first kappa shape index (κ1) is 16.2. The lowest BCUT2D eigenvalue weighted by atomic mass is 10.2. The Morgan fingerprint density at radius 3 is 2.78 bits per heavy atom. The molecule has 0 bridgehead atoms. The van der Waals surface area contributed by atoms with Gasteiger partial charge in [-0.05, 0) is 36.9 Å². The van der Waals surface area contributed by atoms with Crippen molar-refractivity contribution < 1.29 is 0 Å². The number of aromatic amines is 1. The molecular weight excluding hydrogens is 378 g/mol.